The molecule has 3 heterocycles. The minimum atomic E-state index is -0.561. The zero-order valence-corrected chi connectivity index (χ0v) is 17.8. The monoisotopic (exact) mass is 428 g/mol. The Bertz CT molecular complexity index is 1310. The molecular formula is C24H24N6O2. The molecule has 1 aliphatic heterocycles. The van der Waals surface area contributed by atoms with Crippen molar-refractivity contribution in [2.45, 2.75) is 32.6 Å². The molecule has 0 bridgehead atoms. The van der Waals surface area contributed by atoms with E-state index in [0.717, 1.165) is 54.9 Å². The van der Waals surface area contributed by atoms with Gasteiger partial charge in [0.15, 0.2) is 5.82 Å². The first-order chi connectivity index (χ1) is 15.7. The molecule has 0 fully saturated rings. The number of rotatable bonds is 7. The van der Waals surface area contributed by atoms with Crippen LogP contribution in [0.2, 0.25) is 0 Å². The van der Waals surface area contributed by atoms with Gasteiger partial charge in [-0.15, -0.1) is 0 Å². The van der Waals surface area contributed by atoms with E-state index in [9.17, 15) is 4.79 Å². The van der Waals surface area contributed by atoms with Crippen LogP contribution in [0.5, 0.6) is 0 Å². The van der Waals surface area contributed by atoms with Crippen molar-refractivity contribution in [2.24, 2.45) is 0 Å². The van der Waals surface area contributed by atoms with E-state index in [2.05, 4.69) is 61.3 Å². The van der Waals surface area contributed by atoms with Gasteiger partial charge >= 0.3 is 5.76 Å². The van der Waals surface area contributed by atoms with Crippen LogP contribution in [0.25, 0.3) is 28.2 Å². The number of allylic oxidation sites excluding steroid dienone is 1. The van der Waals surface area contributed by atoms with Gasteiger partial charge in [0.2, 0.25) is 5.95 Å². The first-order valence-electron chi connectivity index (χ1n) is 10.8. The number of nitrogens with zero attached hydrogens (tertiary/aromatic N) is 4. The smallest absolute Gasteiger partial charge is 0.350 e. The molecule has 8 nitrogen and oxygen atoms in total. The lowest BCUT2D eigenvalue weighted by atomic mass is 9.95. The van der Waals surface area contributed by atoms with Gasteiger partial charge in [-0.25, -0.2) is 9.48 Å². The highest BCUT2D eigenvalue weighted by atomic mass is 16.5. The molecule has 0 amide bonds. The summed E-state index contributed by atoms with van der Waals surface area (Å²) in [6.07, 6.45) is 5.71. The van der Waals surface area contributed by atoms with Gasteiger partial charge in [0.25, 0.3) is 0 Å². The summed E-state index contributed by atoms with van der Waals surface area (Å²) >= 11 is 0. The highest BCUT2D eigenvalue weighted by molar-refractivity contribution is 5.80. The lowest BCUT2D eigenvalue weighted by Crippen LogP contribution is -2.21. The van der Waals surface area contributed by atoms with Crippen molar-refractivity contribution in [3.63, 3.8) is 0 Å². The number of benzene rings is 2. The van der Waals surface area contributed by atoms with Crippen LogP contribution in [-0.4, -0.2) is 31.4 Å². The third-order valence-corrected chi connectivity index (χ3v) is 5.74. The number of hydrogen-bond acceptors (Lipinski definition) is 6. The Morgan fingerprint density at radius 2 is 1.91 bits per heavy atom. The number of aromatic amines is 1. The molecule has 0 saturated carbocycles. The number of anilines is 1. The number of nitrogens with one attached hydrogen (secondary N) is 2. The quantitative estimate of drug-likeness (QED) is 0.454. The van der Waals surface area contributed by atoms with Crippen LogP contribution < -0.4 is 11.1 Å². The Morgan fingerprint density at radius 1 is 1.09 bits per heavy atom. The molecule has 2 aromatic carbocycles. The maximum atomic E-state index is 11.4. The molecule has 0 aliphatic carbocycles. The minimum Gasteiger partial charge on any atom is -0.350 e. The molecule has 1 aliphatic rings. The molecule has 0 radical (unpaired) electrons. The first kappa shape index (κ1) is 20.0. The Kier molecular flexibility index (Phi) is 5.41. The van der Waals surface area contributed by atoms with E-state index in [-0.39, 0.29) is 0 Å². The van der Waals surface area contributed by atoms with Gasteiger partial charge in [-0.3, -0.25) is 9.51 Å². The highest BCUT2D eigenvalue weighted by Crippen LogP contribution is 2.31. The zero-order valence-electron chi connectivity index (χ0n) is 17.8. The van der Waals surface area contributed by atoms with Crippen LogP contribution in [0.3, 0.4) is 0 Å². The van der Waals surface area contributed by atoms with Gasteiger partial charge < -0.3 is 5.32 Å². The van der Waals surface area contributed by atoms with Gasteiger partial charge in [-0.1, -0.05) is 67.0 Å². The number of hydrogen-bond donors (Lipinski definition) is 2. The maximum Gasteiger partial charge on any atom is 0.439 e. The topological polar surface area (TPSA) is 102 Å². The first-order valence-corrected chi connectivity index (χ1v) is 10.8. The van der Waals surface area contributed by atoms with E-state index in [1.165, 1.54) is 16.8 Å². The van der Waals surface area contributed by atoms with E-state index in [0.29, 0.717) is 5.82 Å². The highest BCUT2D eigenvalue weighted by Gasteiger charge is 2.20. The number of aromatic nitrogens is 5. The SMILES string of the molecule is CCCCC1=C(Cc2ccc(-c3ccccc3-c3noc(=O)[nH]3)cc2)CNc2ncnn21. The Hall–Kier alpha value is -3.94. The minimum absolute atomic E-state index is 0.428. The predicted octanol–water partition coefficient (Wildman–Crippen LogP) is 4.36. The molecule has 162 valence electrons. The fraction of sp³-hybridized carbons (Fsp3) is 0.250. The molecule has 0 saturated heterocycles. The fourth-order valence-electron chi connectivity index (χ4n) is 4.12. The van der Waals surface area contributed by atoms with Crippen molar-refractivity contribution in [3.8, 4) is 22.5 Å². The van der Waals surface area contributed by atoms with E-state index in [1.807, 2.05) is 28.9 Å². The summed E-state index contributed by atoms with van der Waals surface area (Å²) in [4.78, 5) is 18.3. The number of fused-ring (bicyclic) bond motifs is 1. The van der Waals surface area contributed by atoms with Gasteiger partial charge in [-0.05, 0) is 41.5 Å². The van der Waals surface area contributed by atoms with E-state index < -0.39 is 5.76 Å². The predicted molar refractivity (Wildman–Crippen MR) is 123 cm³/mol. The van der Waals surface area contributed by atoms with Crippen LogP contribution in [0, 0.1) is 0 Å². The zero-order chi connectivity index (χ0) is 21.9. The lowest BCUT2D eigenvalue weighted by Gasteiger charge is -2.23. The van der Waals surface area contributed by atoms with E-state index >= 15 is 0 Å². The average molecular weight is 428 g/mol. The Balaban J connectivity index is 1.43. The Morgan fingerprint density at radius 3 is 2.66 bits per heavy atom. The Labute approximate surface area is 185 Å². The largest absolute Gasteiger partial charge is 0.439 e. The second-order valence-corrected chi connectivity index (χ2v) is 7.87. The van der Waals surface area contributed by atoms with Crippen LogP contribution in [0.15, 0.2) is 69.7 Å². The summed E-state index contributed by atoms with van der Waals surface area (Å²) in [5, 5.41) is 11.6. The average Bonchev–Trinajstić information content (AvgIpc) is 3.48. The molecule has 5 rings (SSSR count). The van der Waals surface area contributed by atoms with Crippen molar-refractivity contribution < 1.29 is 4.52 Å². The molecular weight excluding hydrogens is 404 g/mol. The van der Waals surface area contributed by atoms with Crippen molar-refractivity contribution in [1.29, 1.82) is 0 Å². The fourth-order valence-corrected chi connectivity index (χ4v) is 4.12. The summed E-state index contributed by atoms with van der Waals surface area (Å²) < 4.78 is 6.63. The molecule has 8 heteroatoms. The summed E-state index contributed by atoms with van der Waals surface area (Å²) in [5.74, 6) is 0.684. The van der Waals surface area contributed by atoms with Crippen LogP contribution in [0.1, 0.15) is 31.7 Å². The lowest BCUT2D eigenvalue weighted by molar-refractivity contribution is 0.388. The molecule has 2 N–H and O–H groups in total. The summed E-state index contributed by atoms with van der Waals surface area (Å²) in [6.45, 7) is 2.98. The molecule has 2 aromatic heterocycles. The van der Waals surface area contributed by atoms with Gasteiger partial charge in [0.05, 0.1) is 0 Å². The normalized spacial score (nSPS) is 13.2. The summed E-state index contributed by atoms with van der Waals surface area (Å²) in [5.41, 5.74) is 6.68. The summed E-state index contributed by atoms with van der Waals surface area (Å²) in [7, 11) is 0. The maximum absolute atomic E-state index is 11.4. The second kappa shape index (κ2) is 8.66. The standard InChI is InChI=1S/C24H24N6O2/c1-2-3-8-21-18(14-25-23-26-15-27-30(21)23)13-16-9-11-17(12-10-16)19-6-4-5-7-20(19)22-28-24(31)32-29-22/h4-7,9-12,15H,2-3,8,13-14H2,1H3,(H,25,26,27)(H,28,29,31). The van der Waals surface area contributed by atoms with Crippen LogP contribution in [0.4, 0.5) is 5.95 Å². The van der Waals surface area contributed by atoms with Gasteiger partial charge in [0.1, 0.15) is 6.33 Å². The van der Waals surface area contributed by atoms with E-state index in [4.69, 9.17) is 0 Å². The summed E-state index contributed by atoms with van der Waals surface area (Å²) in [6, 6.07) is 16.3. The number of H-pyrrole nitrogens is 1. The number of unbranched alkanes of at least 4 members (excludes halogenated alkanes) is 1. The van der Waals surface area contributed by atoms with Crippen LogP contribution in [-0.2, 0) is 6.42 Å². The third-order valence-electron chi connectivity index (χ3n) is 5.74. The van der Waals surface area contributed by atoms with Gasteiger partial charge in [0, 0.05) is 17.8 Å². The van der Waals surface area contributed by atoms with Gasteiger partial charge in [-0.2, -0.15) is 10.1 Å². The van der Waals surface area contributed by atoms with Crippen molar-refractivity contribution in [3.05, 3.63) is 76.5 Å². The van der Waals surface area contributed by atoms with E-state index in [1.54, 1.807) is 6.33 Å². The molecule has 32 heavy (non-hydrogen) atoms. The molecule has 4 aromatic rings. The van der Waals surface area contributed by atoms with Crippen molar-refractivity contribution in [1.82, 2.24) is 24.9 Å². The second-order valence-electron chi connectivity index (χ2n) is 7.87. The third kappa shape index (κ3) is 3.87. The molecule has 0 atom stereocenters. The van der Waals surface area contributed by atoms with Crippen LogP contribution >= 0.6 is 0 Å². The molecule has 0 unspecified atom stereocenters. The van der Waals surface area contributed by atoms with Crippen molar-refractivity contribution >= 4 is 11.6 Å². The molecule has 0 spiro atoms. The van der Waals surface area contributed by atoms with Crippen molar-refractivity contribution in [2.75, 3.05) is 11.9 Å².